The van der Waals surface area contributed by atoms with Crippen LogP contribution in [0.5, 0.6) is 0 Å². The summed E-state index contributed by atoms with van der Waals surface area (Å²) in [6, 6.07) is 8.15. The molecule has 6 heteroatoms. The number of Topliss-reactive ketones (excluding diaryl/α,β-unsaturated/α-hetero) is 1. The van der Waals surface area contributed by atoms with Gasteiger partial charge in [0.15, 0.2) is 5.78 Å². The molecule has 28 heavy (non-hydrogen) atoms. The van der Waals surface area contributed by atoms with Crippen molar-refractivity contribution in [1.82, 2.24) is 9.88 Å². The van der Waals surface area contributed by atoms with Crippen LogP contribution in [0, 0.1) is 20.8 Å². The van der Waals surface area contributed by atoms with Gasteiger partial charge in [-0.15, -0.1) is 0 Å². The number of anilines is 1. The Bertz CT molecular complexity index is 879. The number of rotatable bonds is 5. The average molecular weight is 383 g/mol. The Morgan fingerprint density at radius 3 is 2.32 bits per heavy atom. The number of hydrogen-bond acceptors (Lipinski definition) is 5. The molecule has 1 N–H and O–H groups in total. The van der Waals surface area contributed by atoms with E-state index in [1.165, 1.54) is 18.4 Å². The van der Waals surface area contributed by atoms with Gasteiger partial charge >= 0.3 is 5.97 Å². The minimum Gasteiger partial charge on any atom is -0.465 e. The van der Waals surface area contributed by atoms with Gasteiger partial charge in [-0.05, 0) is 44.9 Å². The molecular weight excluding hydrogens is 354 g/mol. The molecule has 1 saturated heterocycles. The normalized spacial score (nSPS) is 16.1. The van der Waals surface area contributed by atoms with E-state index in [9.17, 15) is 9.59 Å². The molecule has 6 nitrogen and oxygen atoms in total. The number of ketones is 1. The topological polar surface area (TPSA) is 65.6 Å². The highest BCUT2D eigenvalue weighted by Crippen LogP contribution is 2.24. The van der Waals surface area contributed by atoms with Gasteiger partial charge in [-0.1, -0.05) is 18.2 Å². The third-order valence-corrected chi connectivity index (χ3v) is 5.77. The van der Waals surface area contributed by atoms with E-state index in [1.807, 2.05) is 6.92 Å². The maximum absolute atomic E-state index is 13.1. The number of carbonyl (C=O) groups excluding carboxylic acids is 2. The van der Waals surface area contributed by atoms with Crippen molar-refractivity contribution in [1.29, 1.82) is 0 Å². The molecule has 2 heterocycles. The number of benzene rings is 1. The first-order valence-electron chi connectivity index (χ1n) is 9.71. The van der Waals surface area contributed by atoms with Crippen LogP contribution in [0.1, 0.15) is 44.6 Å². The van der Waals surface area contributed by atoms with Gasteiger partial charge < -0.3 is 14.6 Å². The smallest absolute Gasteiger partial charge is 0.339 e. The molecule has 0 amide bonds. The summed E-state index contributed by atoms with van der Waals surface area (Å²) in [6.07, 6.45) is 0. The van der Waals surface area contributed by atoms with Gasteiger partial charge in [0.25, 0.3) is 0 Å². The lowest BCUT2D eigenvalue weighted by molar-refractivity contribution is 0.0599. The number of hydrogen-bond donors (Lipinski definition) is 1. The van der Waals surface area contributed by atoms with Crippen LogP contribution in [0.25, 0.3) is 0 Å². The van der Waals surface area contributed by atoms with Crippen LogP contribution < -0.4 is 4.90 Å². The van der Waals surface area contributed by atoms with Crippen LogP contribution in [0.15, 0.2) is 24.3 Å². The molecule has 0 radical (unpaired) electrons. The molecule has 0 unspecified atom stereocenters. The standard InChI is InChI=1S/C22H29N3O3/c1-14-8-6-7-9-18(14)25-12-10-24(11-13-25)17(4)21(26)20-15(2)19(16(3)23-20)22(27)28-5/h6-9,17,23H,10-13H2,1-5H3/t17-/m0/s1. The molecule has 1 fully saturated rings. The molecule has 1 aromatic heterocycles. The molecule has 1 aromatic carbocycles. The number of para-hydroxylation sites is 1. The second-order valence-electron chi connectivity index (χ2n) is 7.47. The van der Waals surface area contributed by atoms with Gasteiger partial charge in [-0.3, -0.25) is 9.69 Å². The van der Waals surface area contributed by atoms with Crippen molar-refractivity contribution in [3.63, 3.8) is 0 Å². The Labute approximate surface area is 166 Å². The number of aromatic nitrogens is 1. The molecule has 0 bridgehead atoms. The molecule has 0 saturated carbocycles. The number of nitrogens with zero attached hydrogens (tertiary/aromatic N) is 2. The Morgan fingerprint density at radius 2 is 1.71 bits per heavy atom. The molecular formula is C22H29N3O3. The molecule has 1 aliphatic rings. The number of esters is 1. The van der Waals surface area contributed by atoms with Crippen molar-refractivity contribution in [2.75, 3.05) is 38.2 Å². The predicted octanol–water partition coefficient (Wildman–Crippen LogP) is 3.12. The Morgan fingerprint density at radius 1 is 1.07 bits per heavy atom. The van der Waals surface area contributed by atoms with Crippen molar-refractivity contribution >= 4 is 17.4 Å². The fourth-order valence-corrected chi connectivity index (χ4v) is 4.05. The third kappa shape index (κ3) is 3.69. The van der Waals surface area contributed by atoms with Crippen LogP contribution in [-0.4, -0.2) is 61.0 Å². The van der Waals surface area contributed by atoms with E-state index in [-0.39, 0.29) is 11.8 Å². The highest BCUT2D eigenvalue weighted by atomic mass is 16.5. The van der Waals surface area contributed by atoms with E-state index < -0.39 is 5.97 Å². The molecule has 2 aromatic rings. The minimum absolute atomic E-state index is 0.0140. The second kappa shape index (κ2) is 8.19. The lowest BCUT2D eigenvalue weighted by Gasteiger charge is -2.39. The first-order chi connectivity index (χ1) is 13.3. The summed E-state index contributed by atoms with van der Waals surface area (Å²) in [5.74, 6) is -0.398. The fourth-order valence-electron chi connectivity index (χ4n) is 4.05. The van der Waals surface area contributed by atoms with Gasteiger partial charge in [-0.25, -0.2) is 4.79 Å². The van der Waals surface area contributed by atoms with Crippen molar-refractivity contribution in [2.45, 2.75) is 33.7 Å². The maximum atomic E-state index is 13.1. The Hall–Kier alpha value is -2.60. The molecule has 0 spiro atoms. The van der Waals surface area contributed by atoms with Crippen LogP contribution in [0.3, 0.4) is 0 Å². The quantitative estimate of drug-likeness (QED) is 0.635. The highest BCUT2D eigenvalue weighted by Gasteiger charge is 2.30. The van der Waals surface area contributed by atoms with E-state index in [0.29, 0.717) is 22.5 Å². The van der Waals surface area contributed by atoms with Crippen LogP contribution in [0.4, 0.5) is 5.69 Å². The maximum Gasteiger partial charge on any atom is 0.339 e. The zero-order valence-electron chi connectivity index (χ0n) is 17.3. The molecule has 1 aliphatic heterocycles. The van der Waals surface area contributed by atoms with Crippen molar-refractivity contribution in [3.8, 4) is 0 Å². The van der Waals surface area contributed by atoms with Gasteiger partial charge in [0.2, 0.25) is 0 Å². The number of aromatic amines is 1. The van der Waals surface area contributed by atoms with Crippen molar-refractivity contribution in [2.24, 2.45) is 0 Å². The van der Waals surface area contributed by atoms with Gasteiger partial charge in [0, 0.05) is 37.6 Å². The summed E-state index contributed by atoms with van der Waals surface area (Å²) in [7, 11) is 1.35. The van der Waals surface area contributed by atoms with E-state index in [4.69, 9.17) is 4.74 Å². The largest absolute Gasteiger partial charge is 0.465 e. The predicted molar refractivity (Wildman–Crippen MR) is 110 cm³/mol. The summed E-state index contributed by atoms with van der Waals surface area (Å²) in [6.45, 7) is 11.1. The highest BCUT2D eigenvalue weighted by molar-refractivity contribution is 6.03. The van der Waals surface area contributed by atoms with E-state index in [2.05, 4.69) is 46.0 Å². The van der Waals surface area contributed by atoms with Crippen LogP contribution in [0.2, 0.25) is 0 Å². The molecule has 0 aliphatic carbocycles. The monoisotopic (exact) mass is 383 g/mol. The molecule has 1 atom stereocenters. The van der Waals surface area contributed by atoms with Crippen LogP contribution in [-0.2, 0) is 4.74 Å². The van der Waals surface area contributed by atoms with E-state index in [0.717, 1.165) is 26.2 Å². The first kappa shape index (κ1) is 20.1. The number of H-pyrrole nitrogens is 1. The van der Waals surface area contributed by atoms with Crippen LogP contribution >= 0.6 is 0 Å². The summed E-state index contributed by atoms with van der Waals surface area (Å²) in [4.78, 5) is 32.8. The summed E-state index contributed by atoms with van der Waals surface area (Å²) in [5, 5.41) is 0. The Balaban J connectivity index is 1.70. The van der Waals surface area contributed by atoms with E-state index in [1.54, 1.807) is 13.8 Å². The molecule has 150 valence electrons. The average Bonchev–Trinajstić information content (AvgIpc) is 3.01. The number of methoxy groups -OCH3 is 1. The summed E-state index contributed by atoms with van der Waals surface area (Å²) >= 11 is 0. The zero-order valence-corrected chi connectivity index (χ0v) is 17.3. The van der Waals surface area contributed by atoms with Crippen molar-refractivity contribution < 1.29 is 14.3 Å². The number of aryl methyl sites for hydroxylation is 2. The van der Waals surface area contributed by atoms with Gasteiger partial charge in [0.05, 0.1) is 24.4 Å². The SMILES string of the molecule is COC(=O)c1c(C)[nH]c(C(=O)[C@H](C)N2CCN(c3ccccc3C)CC2)c1C. The van der Waals surface area contributed by atoms with Gasteiger partial charge in [0.1, 0.15) is 0 Å². The number of ether oxygens (including phenoxy) is 1. The summed E-state index contributed by atoms with van der Waals surface area (Å²) < 4.78 is 4.85. The summed E-state index contributed by atoms with van der Waals surface area (Å²) in [5.41, 5.74) is 4.84. The Kier molecular flexibility index (Phi) is 5.89. The zero-order chi connectivity index (χ0) is 20.4. The molecule has 3 rings (SSSR count). The number of nitrogens with one attached hydrogen (secondary N) is 1. The van der Waals surface area contributed by atoms with Gasteiger partial charge in [-0.2, -0.15) is 0 Å². The lowest BCUT2D eigenvalue weighted by Crippen LogP contribution is -2.52. The third-order valence-electron chi connectivity index (χ3n) is 5.77. The second-order valence-corrected chi connectivity index (χ2v) is 7.47. The van der Waals surface area contributed by atoms with E-state index >= 15 is 0 Å². The fraction of sp³-hybridized carbons (Fsp3) is 0.455. The number of carbonyl (C=O) groups is 2. The van der Waals surface area contributed by atoms with Crippen molar-refractivity contribution in [3.05, 3.63) is 52.3 Å². The lowest BCUT2D eigenvalue weighted by atomic mass is 10.0. The number of piperazine rings is 1. The first-order valence-corrected chi connectivity index (χ1v) is 9.71. The minimum atomic E-state index is -0.412.